The van der Waals surface area contributed by atoms with E-state index in [1.807, 2.05) is 0 Å². The average molecular weight is 329 g/mol. The minimum absolute atomic E-state index is 0.105. The van der Waals surface area contributed by atoms with Gasteiger partial charge in [-0.2, -0.15) is 0 Å². The van der Waals surface area contributed by atoms with E-state index in [2.05, 4.69) is 23.6 Å². The second-order valence-corrected chi connectivity index (χ2v) is 6.27. The molecule has 21 heavy (non-hydrogen) atoms. The number of Topliss-reactive ketones (excluding diaryl/α,β-unsaturated/α-hetero) is 1. The fraction of sp³-hybridized carbons (Fsp3) is 0.562. The van der Waals surface area contributed by atoms with Crippen LogP contribution >= 0.6 is 23.2 Å². The zero-order valence-corrected chi connectivity index (χ0v) is 14.1. The molecule has 0 aromatic heterocycles. The first kappa shape index (κ1) is 16.8. The van der Waals surface area contributed by atoms with E-state index in [1.165, 1.54) is 0 Å². The highest BCUT2D eigenvalue weighted by Gasteiger charge is 2.27. The Kier molecular flexibility index (Phi) is 6.06. The molecule has 1 aromatic rings. The number of carbonyl (C=O) groups is 1. The van der Waals surface area contributed by atoms with Gasteiger partial charge in [0.05, 0.1) is 16.6 Å². The first-order valence-corrected chi connectivity index (χ1v) is 8.25. The zero-order valence-electron chi connectivity index (χ0n) is 12.6. The van der Waals surface area contributed by atoms with Crippen LogP contribution in [-0.2, 0) is 0 Å². The minimum atomic E-state index is 0.105. The summed E-state index contributed by atoms with van der Waals surface area (Å²) in [6.45, 7) is 8.91. The first-order chi connectivity index (χ1) is 10.0. The smallest absolute Gasteiger partial charge is 0.176 e. The molecule has 0 amide bonds. The third kappa shape index (κ3) is 4.19. The Morgan fingerprint density at radius 1 is 1.29 bits per heavy atom. The number of likely N-dealkylation sites (tertiary alicyclic amines) is 1. The lowest BCUT2D eigenvalue weighted by molar-refractivity contribution is 0.0939. The highest BCUT2D eigenvalue weighted by Crippen LogP contribution is 2.23. The molecule has 0 N–H and O–H groups in total. The number of benzene rings is 1. The van der Waals surface area contributed by atoms with Gasteiger partial charge in [-0.05, 0) is 37.7 Å². The van der Waals surface area contributed by atoms with Gasteiger partial charge in [0.1, 0.15) is 0 Å². The van der Waals surface area contributed by atoms with Crippen LogP contribution in [0.15, 0.2) is 18.2 Å². The Labute approximate surface area is 136 Å². The third-order valence-corrected chi connectivity index (χ3v) is 4.92. The quantitative estimate of drug-likeness (QED) is 0.745. The third-order valence-electron chi connectivity index (χ3n) is 4.19. The molecular weight excluding hydrogens is 307 g/mol. The predicted octanol–water partition coefficient (Wildman–Crippen LogP) is 3.59. The Bertz CT molecular complexity index is 503. The molecule has 0 saturated carbocycles. The summed E-state index contributed by atoms with van der Waals surface area (Å²) >= 11 is 11.9. The fourth-order valence-corrected chi connectivity index (χ4v) is 3.26. The van der Waals surface area contributed by atoms with Gasteiger partial charge in [0.15, 0.2) is 5.78 Å². The number of carbonyl (C=O) groups excluding carboxylic acids is 1. The monoisotopic (exact) mass is 328 g/mol. The molecule has 0 radical (unpaired) electrons. The van der Waals surface area contributed by atoms with Crippen LogP contribution in [0.25, 0.3) is 0 Å². The molecule has 0 spiro atoms. The van der Waals surface area contributed by atoms with Crippen LogP contribution < -0.4 is 0 Å². The van der Waals surface area contributed by atoms with Gasteiger partial charge in [-0.15, -0.1) is 0 Å². The van der Waals surface area contributed by atoms with Crippen molar-refractivity contribution in [2.45, 2.75) is 26.3 Å². The van der Waals surface area contributed by atoms with Crippen LogP contribution in [0.3, 0.4) is 0 Å². The maximum atomic E-state index is 12.3. The van der Waals surface area contributed by atoms with E-state index in [9.17, 15) is 4.79 Å². The van der Waals surface area contributed by atoms with Crippen LogP contribution in [0.5, 0.6) is 0 Å². The standard InChI is InChI=1S/C16H22Cl2N2O/c1-3-20(4-2)13-7-8-19(10-13)11-16(21)12-5-6-14(17)15(18)9-12/h5-6,9,13H,3-4,7-8,10-11H2,1-2H3. The molecule has 0 aliphatic carbocycles. The number of likely N-dealkylation sites (N-methyl/N-ethyl adjacent to an activating group) is 1. The summed E-state index contributed by atoms with van der Waals surface area (Å²) in [6, 6.07) is 5.65. The summed E-state index contributed by atoms with van der Waals surface area (Å²) in [5.74, 6) is 0.105. The topological polar surface area (TPSA) is 23.6 Å². The molecule has 5 heteroatoms. The van der Waals surface area contributed by atoms with Crippen molar-refractivity contribution in [1.29, 1.82) is 0 Å². The number of hydrogen-bond donors (Lipinski definition) is 0. The second-order valence-electron chi connectivity index (χ2n) is 5.45. The van der Waals surface area contributed by atoms with E-state index >= 15 is 0 Å². The molecule has 1 unspecified atom stereocenters. The Balaban J connectivity index is 1.93. The van der Waals surface area contributed by atoms with Gasteiger partial charge in [0.25, 0.3) is 0 Å². The molecule has 1 aliphatic heterocycles. The molecule has 1 saturated heterocycles. The normalized spacial score (nSPS) is 19.4. The molecule has 1 atom stereocenters. The van der Waals surface area contributed by atoms with Gasteiger partial charge in [-0.25, -0.2) is 0 Å². The van der Waals surface area contributed by atoms with Gasteiger partial charge in [0, 0.05) is 24.7 Å². The summed E-state index contributed by atoms with van der Waals surface area (Å²) in [6.07, 6.45) is 1.14. The lowest BCUT2D eigenvalue weighted by Gasteiger charge is -2.26. The Morgan fingerprint density at radius 2 is 2.00 bits per heavy atom. The van der Waals surface area contributed by atoms with Crippen molar-refractivity contribution >= 4 is 29.0 Å². The number of halogens is 2. The van der Waals surface area contributed by atoms with Crippen LogP contribution in [0.4, 0.5) is 0 Å². The summed E-state index contributed by atoms with van der Waals surface area (Å²) in [5, 5.41) is 0.918. The maximum Gasteiger partial charge on any atom is 0.176 e. The molecule has 3 nitrogen and oxygen atoms in total. The predicted molar refractivity (Wildman–Crippen MR) is 88.6 cm³/mol. The van der Waals surface area contributed by atoms with Crippen molar-refractivity contribution in [2.75, 3.05) is 32.7 Å². The van der Waals surface area contributed by atoms with Crippen molar-refractivity contribution in [3.05, 3.63) is 33.8 Å². The second kappa shape index (κ2) is 7.59. The Morgan fingerprint density at radius 3 is 2.62 bits per heavy atom. The maximum absolute atomic E-state index is 12.3. The molecule has 1 aliphatic rings. The SMILES string of the molecule is CCN(CC)C1CCN(CC(=O)c2ccc(Cl)c(Cl)c2)C1. The lowest BCUT2D eigenvalue weighted by Crippen LogP contribution is -2.38. The van der Waals surface area contributed by atoms with Gasteiger partial charge < -0.3 is 0 Å². The lowest BCUT2D eigenvalue weighted by atomic mass is 10.1. The molecular formula is C16H22Cl2N2O. The molecule has 1 fully saturated rings. The van der Waals surface area contributed by atoms with Crippen molar-refractivity contribution in [2.24, 2.45) is 0 Å². The van der Waals surface area contributed by atoms with E-state index in [4.69, 9.17) is 23.2 Å². The highest BCUT2D eigenvalue weighted by atomic mass is 35.5. The summed E-state index contributed by atoms with van der Waals surface area (Å²) in [4.78, 5) is 17.0. The minimum Gasteiger partial charge on any atom is -0.300 e. The highest BCUT2D eigenvalue weighted by molar-refractivity contribution is 6.42. The summed E-state index contributed by atoms with van der Waals surface area (Å²) < 4.78 is 0. The average Bonchev–Trinajstić information content (AvgIpc) is 2.91. The van der Waals surface area contributed by atoms with Crippen molar-refractivity contribution in [3.8, 4) is 0 Å². The van der Waals surface area contributed by atoms with Crippen LogP contribution in [-0.4, -0.2) is 54.3 Å². The fourth-order valence-electron chi connectivity index (χ4n) is 2.96. The van der Waals surface area contributed by atoms with Gasteiger partial charge in [0.2, 0.25) is 0 Å². The van der Waals surface area contributed by atoms with E-state index < -0.39 is 0 Å². The van der Waals surface area contributed by atoms with Crippen LogP contribution in [0, 0.1) is 0 Å². The van der Waals surface area contributed by atoms with Crippen molar-refractivity contribution in [3.63, 3.8) is 0 Å². The first-order valence-electron chi connectivity index (χ1n) is 7.49. The zero-order chi connectivity index (χ0) is 15.4. The number of nitrogens with zero attached hydrogens (tertiary/aromatic N) is 2. The number of hydrogen-bond acceptors (Lipinski definition) is 3. The number of rotatable bonds is 6. The Hall–Kier alpha value is -0.610. The number of ketones is 1. The van der Waals surface area contributed by atoms with E-state index in [-0.39, 0.29) is 5.78 Å². The van der Waals surface area contributed by atoms with E-state index in [0.29, 0.717) is 28.2 Å². The van der Waals surface area contributed by atoms with Crippen molar-refractivity contribution in [1.82, 2.24) is 9.80 Å². The molecule has 2 rings (SSSR count). The molecule has 116 valence electrons. The van der Waals surface area contributed by atoms with Crippen molar-refractivity contribution < 1.29 is 4.79 Å². The molecule has 1 aromatic carbocycles. The summed E-state index contributed by atoms with van der Waals surface area (Å²) in [7, 11) is 0. The summed E-state index contributed by atoms with van der Waals surface area (Å²) in [5.41, 5.74) is 0.635. The van der Waals surface area contributed by atoms with E-state index in [1.54, 1.807) is 18.2 Å². The van der Waals surface area contributed by atoms with Crippen LogP contribution in [0.1, 0.15) is 30.6 Å². The molecule has 1 heterocycles. The van der Waals surface area contributed by atoms with Gasteiger partial charge in [-0.3, -0.25) is 14.6 Å². The van der Waals surface area contributed by atoms with E-state index in [0.717, 1.165) is 32.6 Å². The van der Waals surface area contributed by atoms with Crippen LogP contribution in [0.2, 0.25) is 10.0 Å². The van der Waals surface area contributed by atoms with Gasteiger partial charge >= 0.3 is 0 Å². The molecule has 0 bridgehead atoms. The largest absolute Gasteiger partial charge is 0.300 e. The van der Waals surface area contributed by atoms with Gasteiger partial charge in [-0.1, -0.05) is 37.0 Å².